The van der Waals surface area contributed by atoms with Crippen LogP contribution in [0.4, 0.5) is 5.69 Å². The SMILES string of the molecule is O=S(=O)(c1cnn(-c2ccccn2)c1)N1CCN(c2ccccc2)CC1. The van der Waals surface area contributed by atoms with Crippen molar-refractivity contribution in [3.05, 3.63) is 67.1 Å². The van der Waals surface area contributed by atoms with Crippen molar-refractivity contribution in [2.45, 2.75) is 4.90 Å². The van der Waals surface area contributed by atoms with Gasteiger partial charge in [0, 0.05) is 38.1 Å². The Balaban J connectivity index is 1.49. The van der Waals surface area contributed by atoms with Gasteiger partial charge in [-0.15, -0.1) is 0 Å². The molecule has 0 atom stereocenters. The molecule has 0 N–H and O–H groups in total. The normalized spacial score (nSPS) is 15.9. The van der Waals surface area contributed by atoms with Crippen molar-refractivity contribution in [3.8, 4) is 5.82 Å². The molecule has 0 radical (unpaired) electrons. The van der Waals surface area contributed by atoms with E-state index in [2.05, 4.69) is 15.0 Å². The Kier molecular flexibility index (Phi) is 4.44. The Bertz CT molecular complexity index is 965. The van der Waals surface area contributed by atoms with Gasteiger partial charge in [0.05, 0.1) is 12.4 Å². The molecule has 1 saturated heterocycles. The Morgan fingerprint density at radius 1 is 0.885 bits per heavy atom. The fourth-order valence-electron chi connectivity index (χ4n) is 3.03. The molecule has 1 aliphatic rings. The van der Waals surface area contributed by atoms with Gasteiger partial charge in [-0.05, 0) is 24.3 Å². The average molecular weight is 369 g/mol. The van der Waals surface area contributed by atoms with E-state index < -0.39 is 10.0 Å². The summed E-state index contributed by atoms with van der Waals surface area (Å²) in [6, 6.07) is 15.5. The minimum atomic E-state index is -3.56. The predicted molar refractivity (Wildman–Crippen MR) is 98.8 cm³/mol. The molecule has 4 rings (SSSR count). The van der Waals surface area contributed by atoms with Crippen LogP contribution in [-0.4, -0.2) is 53.7 Å². The molecule has 0 spiro atoms. The quantitative estimate of drug-likeness (QED) is 0.701. The second-order valence-electron chi connectivity index (χ2n) is 6.04. The first-order valence-electron chi connectivity index (χ1n) is 8.41. The van der Waals surface area contributed by atoms with Crippen LogP contribution in [0.25, 0.3) is 5.82 Å². The summed E-state index contributed by atoms with van der Waals surface area (Å²) in [5.74, 6) is 0.586. The Hall–Kier alpha value is -2.71. The molecular formula is C18H19N5O2S. The first kappa shape index (κ1) is 16.7. The first-order valence-corrected chi connectivity index (χ1v) is 9.85. The number of piperazine rings is 1. The Morgan fingerprint density at radius 2 is 1.62 bits per heavy atom. The van der Waals surface area contributed by atoms with Gasteiger partial charge in [0.1, 0.15) is 4.90 Å². The molecule has 0 saturated carbocycles. The van der Waals surface area contributed by atoms with Gasteiger partial charge in [-0.25, -0.2) is 18.1 Å². The summed E-state index contributed by atoms with van der Waals surface area (Å²) >= 11 is 0. The van der Waals surface area contributed by atoms with Crippen LogP contribution < -0.4 is 4.90 Å². The highest BCUT2D eigenvalue weighted by Crippen LogP contribution is 2.21. The van der Waals surface area contributed by atoms with Crippen molar-refractivity contribution in [2.24, 2.45) is 0 Å². The van der Waals surface area contributed by atoms with E-state index in [0.29, 0.717) is 32.0 Å². The molecule has 0 aliphatic carbocycles. The highest BCUT2D eigenvalue weighted by atomic mass is 32.2. The number of rotatable bonds is 4. The number of hydrogen-bond acceptors (Lipinski definition) is 5. The van der Waals surface area contributed by atoms with Gasteiger partial charge >= 0.3 is 0 Å². The van der Waals surface area contributed by atoms with Crippen LogP contribution in [0.5, 0.6) is 0 Å². The molecule has 0 unspecified atom stereocenters. The average Bonchev–Trinajstić information content (AvgIpc) is 3.21. The maximum Gasteiger partial charge on any atom is 0.246 e. The maximum atomic E-state index is 12.9. The third-order valence-corrected chi connectivity index (χ3v) is 6.29. The molecule has 8 heteroatoms. The van der Waals surface area contributed by atoms with Crippen LogP contribution in [0.15, 0.2) is 72.0 Å². The monoisotopic (exact) mass is 369 g/mol. The van der Waals surface area contributed by atoms with Crippen molar-refractivity contribution in [2.75, 3.05) is 31.1 Å². The van der Waals surface area contributed by atoms with Gasteiger partial charge in [0.2, 0.25) is 10.0 Å². The van der Waals surface area contributed by atoms with E-state index >= 15 is 0 Å². The van der Waals surface area contributed by atoms with Gasteiger partial charge in [0.25, 0.3) is 0 Å². The zero-order valence-electron chi connectivity index (χ0n) is 14.1. The zero-order chi connectivity index (χ0) is 18.0. The van der Waals surface area contributed by atoms with Gasteiger partial charge in [-0.3, -0.25) is 0 Å². The van der Waals surface area contributed by atoms with Gasteiger partial charge in [0.15, 0.2) is 5.82 Å². The van der Waals surface area contributed by atoms with Crippen LogP contribution in [-0.2, 0) is 10.0 Å². The van der Waals surface area contributed by atoms with Gasteiger partial charge in [-0.1, -0.05) is 24.3 Å². The Labute approximate surface area is 152 Å². The fraction of sp³-hybridized carbons (Fsp3) is 0.222. The molecule has 1 aromatic carbocycles. The molecule has 7 nitrogen and oxygen atoms in total. The molecule has 134 valence electrons. The number of nitrogens with zero attached hydrogens (tertiary/aromatic N) is 5. The lowest BCUT2D eigenvalue weighted by atomic mass is 10.2. The van der Waals surface area contributed by atoms with E-state index in [9.17, 15) is 8.42 Å². The summed E-state index contributed by atoms with van der Waals surface area (Å²) in [5.41, 5.74) is 1.12. The molecule has 0 bridgehead atoms. The van der Waals surface area contributed by atoms with Gasteiger partial charge in [-0.2, -0.15) is 9.40 Å². The summed E-state index contributed by atoms with van der Waals surface area (Å²) < 4.78 is 28.8. The number of hydrogen-bond donors (Lipinski definition) is 0. The molecule has 3 aromatic rings. The number of aromatic nitrogens is 3. The van der Waals surface area contributed by atoms with Crippen molar-refractivity contribution in [3.63, 3.8) is 0 Å². The third kappa shape index (κ3) is 3.21. The largest absolute Gasteiger partial charge is 0.369 e. The third-order valence-electron chi connectivity index (χ3n) is 4.44. The second kappa shape index (κ2) is 6.89. The lowest BCUT2D eigenvalue weighted by Gasteiger charge is -2.35. The van der Waals surface area contributed by atoms with E-state index in [1.807, 2.05) is 36.4 Å². The fourth-order valence-corrected chi connectivity index (χ4v) is 4.38. The van der Waals surface area contributed by atoms with Crippen LogP contribution in [0.1, 0.15) is 0 Å². The summed E-state index contributed by atoms with van der Waals surface area (Å²) in [4.78, 5) is 6.57. The summed E-state index contributed by atoms with van der Waals surface area (Å²) in [5, 5.41) is 4.15. The number of sulfonamides is 1. The van der Waals surface area contributed by atoms with E-state index in [1.165, 1.54) is 21.4 Å². The van der Waals surface area contributed by atoms with Crippen molar-refractivity contribution in [1.29, 1.82) is 0 Å². The first-order chi connectivity index (χ1) is 12.6. The minimum Gasteiger partial charge on any atom is -0.369 e. The standard InChI is InChI=1S/C18H19N5O2S/c24-26(25,17-14-20-23(15-17)18-8-4-5-9-19-18)22-12-10-21(11-13-22)16-6-2-1-3-7-16/h1-9,14-15H,10-13H2. The van der Waals surface area contributed by atoms with Crippen molar-refractivity contribution < 1.29 is 8.42 Å². The van der Waals surface area contributed by atoms with Crippen molar-refractivity contribution >= 4 is 15.7 Å². The number of para-hydroxylation sites is 1. The molecule has 2 aromatic heterocycles. The van der Waals surface area contributed by atoms with Crippen LogP contribution in [0, 0.1) is 0 Å². The number of pyridine rings is 1. The van der Waals surface area contributed by atoms with E-state index in [-0.39, 0.29) is 4.90 Å². The predicted octanol–water partition coefficient (Wildman–Crippen LogP) is 1.78. The highest BCUT2D eigenvalue weighted by molar-refractivity contribution is 7.89. The minimum absolute atomic E-state index is 0.191. The second-order valence-corrected chi connectivity index (χ2v) is 7.97. The van der Waals surface area contributed by atoms with Gasteiger partial charge < -0.3 is 4.90 Å². The van der Waals surface area contributed by atoms with Crippen LogP contribution in [0.3, 0.4) is 0 Å². The summed E-state index contributed by atoms with van der Waals surface area (Å²) in [7, 11) is -3.56. The maximum absolute atomic E-state index is 12.9. The Morgan fingerprint density at radius 3 is 2.31 bits per heavy atom. The number of benzene rings is 1. The zero-order valence-corrected chi connectivity index (χ0v) is 15.0. The molecular weight excluding hydrogens is 350 g/mol. The molecule has 26 heavy (non-hydrogen) atoms. The smallest absolute Gasteiger partial charge is 0.246 e. The van der Waals surface area contributed by atoms with Crippen molar-refractivity contribution in [1.82, 2.24) is 19.1 Å². The van der Waals surface area contributed by atoms with E-state index in [1.54, 1.807) is 18.3 Å². The molecule has 3 heterocycles. The number of anilines is 1. The van der Waals surface area contributed by atoms with Crippen LogP contribution >= 0.6 is 0 Å². The summed E-state index contributed by atoms with van der Waals surface area (Å²) in [6.07, 6.45) is 4.54. The molecule has 1 aliphatic heterocycles. The topological polar surface area (TPSA) is 71.3 Å². The van der Waals surface area contributed by atoms with Crippen LogP contribution in [0.2, 0.25) is 0 Å². The van der Waals surface area contributed by atoms with E-state index in [0.717, 1.165) is 5.69 Å². The lowest BCUT2D eigenvalue weighted by molar-refractivity contribution is 0.385. The lowest BCUT2D eigenvalue weighted by Crippen LogP contribution is -2.48. The van der Waals surface area contributed by atoms with E-state index in [4.69, 9.17) is 0 Å². The molecule has 1 fully saturated rings. The molecule has 0 amide bonds. The summed E-state index contributed by atoms with van der Waals surface area (Å²) in [6.45, 7) is 2.23. The highest BCUT2D eigenvalue weighted by Gasteiger charge is 2.29.